The summed E-state index contributed by atoms with van der Waals surface area (Å²) in [5.74, 6) is 2.06. The van der Waals surface area contributed by atoms with Gasteiger partial charge in [0.05, 0.1) is 12.7 Å². The van der Waals surface area contributed by atoms with Crippen LogP contribution in [0.25, 0.3) is 11.6 Å². The van der Waals surface area contributed by atoms with Crippen molar-refractivity contribution >= 4 is 34.7 Å². The highest BCUT2D eigenvalue weighted by atomic mass is 32.1. The Balaban J connectivity index is 1.28. The molecular weight excluding hydrogens is 462 g/mol. The molecule has 0 spiro atoms. The lowest BCUT2D eigenvalue weighted by molar-refractivity contribution is -0.126. The molecule has 0 unspecified atom stereocenters. The Bertz CT molecular complexity index is 1220. The highest BCUT2D eigenvalue weighted by molar-refractivity contribution is 7.11. The van der Waals surface area contributed by atoms with E-state index in [0.717, 1.165) is 16.2 Å². The molecule has 0 atom stereocenters. The number of nitrogens with zero attached hydrogens (tertiary/aromatic N) is 1. The number of Topliss-reactive ketones (excluding diaryl/α,β-unsaturated/α-hetero) is 1. The molecular formula is C28H27NO5S. The Labute approximate surface area is 208 Å². The van der Waals surface area contributed by atoms with E-state index >= 15 is 0 Å². The maximum Gasteiger partial charge on any atom is 0.255 e. The largest absolute Gasteiger partial charge is 0.497 e. The molecule has 180 valence electrons. The molecule has 6 nitrogen and oxygen atoms in total. The number of hydrogen-bond acceptors (Lipinski definition) is 6. The predicted octanol–water partition coefficient (Wildman–Crippen LogP) is 5.19. The molecule has 35 heavy (non-hydrogen) atoms. The van der Waals surface area contributed by atoms with Gasteiger partial charge < -0.3 is 19.1 Å². The van der Waals surface area contributed by atoms with E-state index in [-0.39, 0.29) is 17.6 Å². The number of carbonyl (C=O) groups is 2. The van der Waals surface area contributed by atoms with Gasteiger partial charge in [-0.05, 0) is 66.3 Å². The fraction of sp³-hybridized carbons (Fsp3) is 0.286. The zero-order chi connectivity index (χ0) is 24.2. The maximum absolute atomic E-state index is 13.6. The first-order valence-electron chi connectivity index (χ1n) is 11.7. The van der Waals surface area contributed by atoms with Crippen molar-refractivity contribution in [1.82, 2.24) is 4.90 Å². The fourth-order valence-electron chi connectivity index (χ4n) is 4.48. The van der Waals surface area contributed by atoms with Crippen LogP contribution in [0.4, 0.5) is 0 Å². The Morgan fingerprint density at radius 1 is 1.00 bits per heavy atom. The second-order valence-corrected chi connectivity index (χ2v) is 9.55. The number of carbonyl (C=O) groups excluding carboxylic acids is 2. The minimum atomic E-state index is -0.114. The van der Waals surface area contributed by atoms with Crippen molar-refractivity contribution in [2.45, 2.75) is 12.8 Å². The second kappa shape index (κ2) is 10.4. The zero-order valence-corrected chi connectivity index (χ0v) is 20.4. The van der Waals surface area contributed by atoms with E-state index in [2.05, 4.69) is 0 Å². The normalized spacial score (nSPS) is 16.1. The molecule has 3 aromatic rings. The predicted molar refractivity (Wildman–Crippen MR) is 136 cm³/mol. The number of hydrogen-bond donors (Lipinski definition) is 0. The SMILES string of the molecule is COc1ccc(/C=C(\C(=O)N2CCC(C(=O)c3ccc4c(c3)OCCO4)CC2)c2cccs2)cc1. The lowest BCUT2D eigenvalue weighted by Gasteiger charge is -2.32. The van der Waals surface area contributed by atoms with Gasteiger partial charge in [0.1, 0.15) is 19.0 Å². The van der Waals surface area contributed by atoms with Crippen molar-refractivity contribution < 1.29 is 23.8 Å². The summed E-state index contributed by atoms with van der Waals surface area (Å²) >= 11 is 1.55. The van der Waals surface area contributed by atoms with Gasteiger partial charge >= 0.3 is 0 Å². The first-order chi connectivity index (χ1) is 17.1. The third kappa shape index (κ3) is 5.10. The summed E-state index contributed by atoms with van der Waals surface area (Å²) < 4.78 is 16.4. The van der Waals surface area contributed by atoms with E-state index in [9.17, 15) is 9.59 Å². The third-order valence-corrected chi connectivity index (χ3v) is 7.33. The molecule has 2 aliphatic rings. The van der Waals surface area contributed by atoms with Gasteiger partial charge in [0, 0.05) is 29.4 Å². The van der Waals surface area contributed by atoms with Crippen LogP contribution < -0.4 is 14.2 Å². The average Bonchev–Trinajstić information content (AvgIpc) is 3.46. The van der Waals surface area contributed by atoms with Crippen LogP contribution in [-0.4, -0.2) is 50.0 Å². The Kier molecular flexibility index (Phi) is 6.86. The number of fused-ring (bicyclic) bond motifs is 1. The van der Waals surface area contributed by atoms with Crippen LogP contribution in [0, 0.1) is 5.92 Å². The molecule has 1 saturated heterocycles. The number of rotatable bonds is 6. The van der Waals surface area contributed by atoms with Gasteiger partial charge in [-0.3, -0.25) is 9.59 Å². The molecule has 0 bridgehead atoms. The van der Waals surface area contributed by atoms with Gasteiger partial charge in [-0.25, -0.2) is 0 Å². The first-order valence-corrected chi connectivity index (χ1v) is 12.6. The third-order valence-electron chi connectivity index (χ3n) is 6.42. The summed E-state index contributed by atoms with van der Waals surface area (Å²) in [5.41, 5.74) is 2.24. The lowest BCUT2D eigenvalue weighted by Crippen LogP contribution is -2.40. The van der Waals surface area contributed by atoms with Crippen molar-refractivity contribution in [2.24, 2.45) is 5.92 Å². The zero-order valence-electron chi connectivity index (χ0n) is 19.6. The molecule has 5 rings (SSSR count). The van der Waals surface area contributed by atoms with Gasteiger partial charge in [-0.15, -0.1) is 11.3 Å². The molecule has 0 N–H and O–H groups in total. The average molecular weight is 490 g/mol. The smallest absolute Gasteiger partial charge is 0.255 e. The van der Waals surface area contributed by atoms with Crippen LogP contribution in [0.3, 0.4) is 0 Å². The summed E-state index contributed by atoms with van der Waals surface area (Å²) in [5, 5.41) is 1.97. The summed E-state index contributed by atoms with van der Waals surface area (Å²) in [6.07, 6.45) is 3.21. The number of methoxy groups -OCH3 is 1. The standard InChI is InChI=1S/C28H27NO5S/c1-32-22-7-4-19(5-8-22)17-23(26-3-2-16-35-26)28(31)29-12-10-20(11-13-29)27(30)21-6-9-24-25(18-21)34-15-14-33-24/h2-9,16-18,20H,10-15H2,1H3/b23-17-. The van der Waals surface area contributed by atoms with Crippen LogP contribution in [-0.2, 0) is 4.79 Å². The van der Waals surface area contributed by atoms with E-state index < -0.39 is 0 Å². The molecule has 1 aromatic heterocycles. The second-order valence-electron chi connectivity index (χ2n) is 8.60. The van der Waals surface area contributed by atoms with Crippen LogP contribution in [0.15, 0.2) is 60.0 Å². The van der Waals surface area contributed by atoms with Gasteiger partial charge in [0.25, 0.3) is 5.91 Å². The van der Waals surface area contributed by atoms with Crippen LogP contribution >= 0.6 is 11.3 Å². The highest BCUT2D eigenvalue weighted by Crippen LogP contribution is 2.33. The number of amides is 1. The van der Waals surface area contributed by atoms with E-state index in [0.29, 0.717) is 61.8 Å². The Morgan fingerprint density at radius 3 is 2.43 bits per heavy atom. The Morgan fingerprint density at radius 2 is 1.74 bits per heavy atom. The van der Waals surface area contributed by atoms with Gasteiger partial charge in [0.15, 0.2) is 17.3 Å². The summed E-state index contributed by atoms with van der Waals surface area (Å²) in [7, 11) is 1.63. The van der Waals surface area contributed by atoms with Gasteiger partial charge in [0.2, 0.25) is 0 Å². The lowest BCUT2D eigenvalue weighted by atomic mass is 9.88. The minimum absolute atomic E-state index is 0.00602. The minimum Gasteiger partial charge on any atom is -0.497 e. The summed E-state index contributed by atoms with van der Waals surface area (Å²) in [4.78, 5) is 29.5. The molecule has 2 aliphatic heterocycles. The summed E-state index contributed by atoms with van der Waals surface area (Å²) in [6, 6.07) is 17.0. The molecule has 3 heterocycles. The monoisotopic (exact) mass is 489 g/mol. The molecule has 7 heteroatoms. The van der Waals surface area contributed by atoms with Crippen molar-refractivity contribution in [2.75, 3.05) is 33.4 Å². The van der Waals surface area contributed by atoms with Crippen molar-refractivity contribution in [3.05, 3.63) is 76.0 Å². The van der Waals surface area contributed by atoms with E-state index in [1.807, 2.05) is 52.8 Å². The van der Waals surface area contributed by atoms with Crippen LogP contribution in [0.2, 0.25) is 0 Å². The number of piperidine rings is 1. The fourth-order valence-corrected chi connectivity index (χ4v) is 5.22. The first kappa shape index (κ1) is 23.2. The van der Waals surface area contributed by atoms with E-state index in [4.69, 9.17) is 14.2 Å². The number of ether oxygens (including phenoxy) is 3. The quantitative estimate of drug-likeness (QED) is 0.352. The van der Waals surface area contributed by atoms with Gasteiger partial charge in [-0.1, -0.05) is 18.2 Å². The number of ketones is 1. The van der Waals surface area contributed by atoms with Crippen molar-refractivity contribution in [1.29, 1.82) is 0 Å². The highest BCUT2D eigenvalue weighted by Gasteiger charge is 2.30. The van der Waals surface area contributed by atoms with E-state index in [1.165, 1.54) is 0 Å². The number of thiophene rings is 1. The topological polar surface area (TPSA) is 65.1 Å². The molecule has 0 radical (unpaired) electrons. The molecule has 0 saturated carbocycles. The Hall–Kier alpha value is -3.58. The number of likely N-dealkylation sites (tertiary alicyclic amines) is 1. The number of benzene rings is 2. The van der Waals surface area contributed by atoms with Crippen molar-refractivity contribution in [3.8, 4) is 17.2 Å². The van der Waals surface area contributed by atoms with E-state index in [1.54, 1.807) is 36.6 Å². The van der Waals surface area contributed by atoms with Crippen LogP contribution in [0.5, 0.6) is 17.2 Å². The molecule has 2 aromatic carbocycles. The van der Waals surface area contributed by atoms with Crippen molar-refractivity contribution in [3.63, 3.8) is 0 Å². The van der Waals surface area contributed by atoms with Crippen LogP contribution in [0.1, 0.15) is 33.6 Å². The van der Waals surface area contributed by atoms with Gasteiger partial charge in [-0.2, -0.15) is 0 Å². The summed E-state index contributed by atoms with van der Waals surface area (Å²) in [6.45, 7) is 2.10. The maximum atomic E-state index is 13.6. The molecule has 1 fully saturated rings. The molecule has 0 aliphatic carbocycles. The molecule has 1 amide bonds.